The molecule has 0 bridgehead atoms. The number of hydrogen-bond acceptors (Lipinski definition) is 1. The average molecular weight is 215 g/mol. The van der Waals surface area contributed by atoms with Crippen LogP contribution in [0.1, 0.15) is 38.7 Å². The van der Waals surface area contributed by atoms with Gasteiger partial charge < -0.3 is 0 Å². The van der Waals surface area contributed by atoms with Crippen LogP contribution >= 0.6 is 0 Å². The molecule has 1 aromatic carbocycles. The lowest BCUT2D eigenvalue weighted by molar-refractivity contribution is 0.487. The standard InChI is InChI=1S/C15H21N/c1-11-7-4-5-10-14(11)16-15-12(2)8-6-9-13(15)3/h4-5,7,10,12-13H,6,8-9H2,1-3H3. The fraction of sp³-hybridized carbons (Fsp3) is 0.533. The average Bonchev–Trinajstić information content (AvgIpc) is 2.26. The van der Waals surface area contributed by atoms with Gasteiger partial charge in [-0.15, -0.1) is 0 Å². The van der Waals surface area contributed by atoms with Crippen LogP contribution in [-0.4, -0.2) is 5.71 Å². The molecule has 0 spiro atoms. The van der Waals surface area contributed by atoms with Gasteiger partial charge in [0, 0.05) is 5.71 Å². The monoisotopic (exact) mass is 215 g/mol. The van der Waals surface area contributed by atoms with Gasteiger partial charge in [-0.1, -0.05) is 38.5 Å². The van der Waals surface area contributed by atoms with Crippen LogP contribution < -0.4 is 0 Å². The Bertz CT molecular complexity index is 380. The van der Waals surface area contributed by atoms with Crippen LogP contribution in [0.5, 0.6) is 0 Å². The maximum absolute atomic E-state index is 4.90. The molecule has 1 nitrogen and oxygen atoms in total. The Hall–Kier alpha value is -1.11. The molecule has 0 aliphatic heterocycles. The van der Waals surface area contributed by atoms with E-state index in [0.29, 0.717) is 11.8 Å². The summed E-state index contributed by atoms with van der Waals surface area (Å²) in [6, 6.07) is 8.41. The predicted octanol–water partition coefficient (Wildman–Crippen LogP) is 4.52. The Morgan fingerprint density at radius 1 is 1.06 bits per heavy atom. The Balaban J connectivity index is 2.31. The Morgan fingerprint density at radius 2 is 1.69 bits per heavy atom. The van der Waals surface area contributed by atoms with Gasteiger partial charge in [-0.2, -0.15) is 0 Å². The summed E-state index contributed by atoms with van der Waals surface area (Å²) < 4.78 is 0. The van der Waals surface area contributed by atoms with Gasteiger partial charge in [0.15, 0.2) is 0 Å². The summed E-state index contributed by atoms with van der Waals surface area (Å²) in [7, 11) is 0. The maximum Gasteiger partial charge on any atom is 0.0658 e. The van der Waals surface area contributed by atoms with Crippen LogP contribution in [0, 0.1) is 18.8 Å². The molecule has 2 rings (SSSR count). The lowest BCUT2D eigenvalue weighted by Gasteiger charge is -2.26. The minimum atomic E-state index is 0.656. The minimum absolute atomic E-state index is 0.656. The fourth-order valence-corrected chi connectivity index (χ4v) is 2.56. The summed E-state index contributed by atoms with van der Waals surface area (Å²) >= 11 is 0. The van der Waals surface area contributed by atoms with Gasteiger partial charge >= 0.3 is 0 Å². The molecule has 1 aliphatic rings. The topological polar surface area (TPSA) is 12.4 Å². The van der Waals surface area contributed by atoms with E-state index >= 15 is 0 Å². The van der Waals surface area contributed by atoms with Crippen molar-refractivity contribution in [2.24, 2.45) is 16.8 Å². The van der Waals surface area contributed by atoms with E-state index in [4.69, 9.17) is 4.99 Å². The molecule has 1 saturated carbocycles. The van der Waals surface area contributed by atoms with E-state index in [-0.39, 0.29) is 0 Å². The van der Waals surface area contributed by atoms with E-state index in [1.54, 1.807) is 0 Å². The molecule has 0 radical (unpaired) electrons. The first-order valence-electron chi connectivity index (χ1n) is 6.32. The van der Waals surface area contributed by atoms with Crippen molar-refractivity contribution in [1.29, 1.82) is 0 Å². The van der Waals surface area contributed by atoms with Gasteiger partial charge in [-0.05, 0) is 43.2 Å². The number of para-hydroxylation sites is 1. The lowest BCUT2D eigenvalue weighted by atomic mass is 9.81. The second-order valence-electron chi connectivity index (χ2n) is 5.06. The molecule has 0 N–H and O–H groups in total. The van der Waals surface area contributed by atoms with E-state index in [9.17, 15) is 0 Å². The van der Waals surface area contributed by atoms with Crippen molar-refractivity contribution in [2.45, 2.75) is 40.0 Å². The van der Waals surface area contributed by atoms with E-state index in [2.05, 4.69) is 45.0 Å². The molecule has 0 heterocycles. The molecule has 86 valence electrons. The SMILES string of the molecule is Cc1ccccc1N=C1C(C)CCCC1C. The molecule has 0 aromatic heterocycles. The third-order valence-corrected chi connectivity index (χ3v) is 3.65. The fourth-order valence-electron chi connectivity index (χ4n) is 2.56. The van der Waals surface area contributed by atoms with E-state index < -0.39 is 0 Å². The summed E-state index contributed by atoms with van der Waals surface area (Å²) in [6.07, 6.45) is 3.96. The van der Waals surface area contributed by atoms with Crippen molar-refractivity contribution >= 4 is 11.4 Å². The van der Waals surface area contributed by atoms with Gasteiger partial charge in [-0.3, -0.25) is 4.99 Å². The summed E-state index contributed by atoms with van der Waals surface area (Å²) in [5.74, 6) is 1.31. The zero-order chi connectivity index (χ0) is 11.5. The van der Waals surface area contributed by atoms with Crippen molar-refractivity contribution < 1.29 is 0 Å². The van der Waals surface area contributed by atoms with Crippen LogP contribution in [-0.2, 0) is 0 Å². The highest BCUT2D eigenvalue weighted by molar-refractivity contribution is 5.91. The van der Waals surface area contributed by atoms with E-state index in [0.717, 1.165) is 5.69 Å². The Morgan fingerprint density at radius 3 is 2.31 bits per heavy atom. The van der Waals surface area contributed by atoms with Crippen LogP contribution in [0.15, 0.2) is 29.3 Å². The smallest absolute Gasteiger partial charge is 0.0658 e. The van der Waals surface area contributed by atoms with E-state index in [1.807, 2.05) is 0 Å². The first-order chi connectivity index (χ1) is 7.68. The number of benzene rings is 1. The molecular weight excluding hydrogens is 194 g/mol. The summed E-state index contributed by atoms with van der Waals surface area (Å²) in [4.78, 5) is 4.90. The highest BCUT2D eigenvalue weighted by atomic mass is 14.8. The Kier molecular flexibility index (Phi) is 3.42. The summed E-state index contributed by atoms with van der Waals surface area (Å²) in [5.41, 5.74) is 3.83. The minimum Gasteiger partial charge on any atom is -0.257 e. The van der Waals surface area contributed by atoms with Crippen LogP contribution in [0.4, 0.5) is 5.69 Å². The van der Waals surface area contributed by atoms with Crippen molar-refractivity contribution in [3.63, 3.8) is 0 Å². The number of aryl methyl sites for hydroxylation is 1. The van der Waals surface area contributed by atoms with Gasteiger partial charge in [0.2, 0.25) is 0 Å². The molecular formula is C15H21N. The van der Waals surface area contributed by atoms with Gasteiger partial charge in [0.1, 0.15) is 0 Å². The largest absolute Gasteiger partial charge is 0.257 e. The molecule has 0 amide bonds. The third-order valence-electron chi connectivity index (χ3n) is 3.65. The number of aliphatic imine (C=N–C) groups is 1. The zero-order valence-corrected chi connectivity index (χ0v) is 10.5. The molecule has 0 saturated heterocycles. The van der Waals surface area contributed by atoms with Crippen LogP contribution in [0.3, 0.4) is 0 Å². The second kappa shape index (κ2) is 4.82. The van der Waals surface area contributed by atoms with Crippen molar-refractivity contribution in [1.82, 2.24) is 0 Å². The van der Waals surface area contributed by atoms with Crippen LogP contribution in [0.25, 0.3) is 0 Å². The first-order valence-corrected chi connectivity index (χ1v) is 6.32. The first kappa shape index (κ1) is 11.4. The van der Waals surface area contributed by atoms with Gasteiger partial charge in [0.25, 0.3) is 0 Å². The molecule has 16 heavy (non-hydrogen) atoms. The summed E-state index contributed by atoms with van der Waals surface area (Å²) in [6.45, 7) is 6.76. The number of nitrogens with zero attached hydrogens (tertiary/aromatic N) is 1. The predicted molar refractivity (Wildman–Crippen MR) is 70.5 cm³/mol. The van der Waals surface area contributed by atoms with E-state index in [1.165, 1.54) is 30.5 Å². The molecule has 1 fully saturated rings. The van der Waals surface area contributed by atoms with Crippen molar-refractivity contribution in [2.75, 3.05) is 0 Å². The van der Waals surface area contributed by atoms with Crippen LogP contribution in [0.2, 0.25) is 0 Å². The highest BCUT2D eigenvalue weighted by Crippen LogP contribution is 2.29. The quantitative estimate of drug-likeness (QED) is 0.653. The Labute approximate surface area is 98.6 Å². The van der Waals surface area contributed by atoms with Crippen molar-refractivity contribution in [3.8, 4) is 0 Å². The third kappa shape index (κ3) is 2.34. The van der Waals surface area contributed by atoms with Gasteiger partial charge in [0.05, 0.1) is 5.69 Å². The molecule has 1 heteroatoms. The van der Waals surface area contributed by atoms with Gasteiger partial charge in [-0.25, -0.2) is 0 Å². The molecule has 2 atom stereocenters. The number of rotatable bonds is 1. The molecule has 1 aromatic rings. The maximum atomic E-state index is 4.90. The summed E-state index contributed by atoms with van der Waals surface area (Å²) in [5, 5.41) is 0. The zero-order valence-electron chi connectivity index (χ0n) is 10.5. The normalized spacial score (nSPS) is 25.6. The highest BCUT2D eigenvalue weighted by Gasteiger charge is 2.22. The second-order valence-corrected chi connectivity index (χ2v) is 5.06. The lowest BCUT2D eigenvalue weighted by Crippen LogP contribution is -2.24. The molecule has 2 unspecified atom stereocenters. The number of hydrogen-bond donors (Lipinski definition) is 0. The molecule has 1 aliphatic carbocycles. The van der Waals surface area contributed by atoms with Crippen molar-refractivity contribution in [3.05, 3.63) is 29.8 Å².